The average Bonchev–Trinajstić information content (AvgIpc) is 3.15. The second-order valence-corrected chi connectivity index (χ2v) is 10.8. The highest BCUT2D eigenvalue weighted by Crippen LogP contribution is 2.46. The molecule has 204 valence electrons. The summed E-state index contributed by atoms with van der Waals surface area (Å²) in [4.78, 5) is 28.5. The summed E-state index contributed by atoms with van der Waals surface area (Å²) in [7, 11) is 0. The number of nitrogens with one attached hydrogen (secondary N) is 2. The standard InChI is InChI=1S/C27H31F3N4O4/c1-15-11-19(14-26(3,4)13-15)34-22-10-5-17(23(35)31-16(2)24(36)37)12-21(22)33-25(34)32-18-6-8-20(9-7-18)38-27(28,29)30/h5-10,12,15-16,19H,11,13-14H2,1-4H3,(H,31,35)(H,32,33)(H,36,37)/t15-,16+,19?/m0/s1. The Morgan fingerprint density at radius 2 is 1.84 bits per heavy atom. The van der Waals surface area contributed by atoms with Crippen molar-refractivity contribution in [3.05, 3.63) is 48.0 Å². The molecule has 0 aliphatic heterocycles. The fraction of sp³-hybridized carbons (Fsp3) is 0.444. The smallest absolute Gasteiger partial charge is 0.480 e. The molecule has 8 nitrogen and oxygen atoms in total. The number of aliphatic carboxylic acids is 1. The first-order valence-electron chi connectivity index (χ1n) is 12.4. The van der Waals surface area contributed by atoms with Crippen molar-refractivity contribution in [3.8, 4) is 5.75 Å². The average molecular weight is 533 g/mol. The monoisotopic (exact) mass is 532 g/mol. The fourth-order valence-corrected chi connectivity index (χ4v) is 5.40. The van der Waals surface area contributed by atoms with Gasteiger partial charge in [0.05, 0.1) is 11.0 Å². The van der Waals surface area contributed by atoms with E-state index in [2.05, 4.69) is 40.7 Å². The molecule has 0 saturated heterocycles. The number of carbonyl (C=O) groups excluding carboxylic acids is 1. The van der Waals surface area contributed by atoms with Gasteiger partial charge in [-0.1, -0.05) is 20.8 Å². The van der Waals surface area contributed by atoms with Crippen LogP contribution in [-0.4, -0.2) is 38.9 Å². The van der Waals surface area contributed by atoms with Crippen molar-refractivity contribution in [1.29, 1.82) is 0 Å². The minimum Gasteiger partial charge on any atom is -0.480 e. The van der Waals surface area contributed by atoms with Gasteiger partial charge < -0.3 is 25.0 Å². The highest BCUT2D eigenvalue weighted by atomic mass is 19.4. The van der Waals surface area contributed by atoms with Crippen molar-refractivity contribution < 1.29 is 32.6 Å². The zero-order valence-corrected chi connectivity index (χ0v) is 21.6. The van der Waals surface area contributed by atoms with Gasteiger partial charge in [-0.25, -0.2) is 4.98 Å². The van der Waals surface area contributed by atoms with Crippen LogP contribution in [-0.2, 0) is 4.79 Å². The van der Waals surface area contributed by atoms with Gasteiger partial charge in [-0.05, 0) is 80.0 Å². The molecular formula is C27H31F3N4O4. The molecule has 1 aliphatic carbocycles. The van der Waals surface area contributed by atoms with Gasteiger partial charge in [0.1, 0.15) is 11.8 Å². The summed E-state index contributed by atoms with van der Waals surface area (Å²) >= 11 is 0. The SMILES string of the molecule is C[C@H]1CC(n2c(Nc3ccc(OC(F)(F)F)cc3)nc3cc(C(=O)N[C@H](C)C(=O)O)ccc32)CC(C)(C)C1. The Morgan fingerprint density at radius 1 is 1.16 bits per heavy atom. The molecule has 3 atom stereocenters. The predicted octanol–water partition coefficient (Wildman–Crippen LogP) is 6.27. The number of rotatable bonds is 7. The minimum absolute atomic E-state index is 0.0968. The van der Waals surface area contributed by atoms with Crippen molar-refractivity contribution in [1.82, 2.24) is 14.9 Å². The number of carboxylic acid groups (broad SMARTS) is 1. The van der Waals surface area contributed by atoms with Crippen molar-refractivity contribution in [2.75, 3.05) is 5.32 Å². The maximum Gasteiger partial charge on any atom is 0.573 e. The van der Waals surface area contributed by atoms with Gasteiger partial charge in [0.2, 0.25) is 5.95 Å². The maximum atomic E-state index is 12.6. The highest BCUT2D eigenvalue weighted by molar-refractivity contribution is 5.99. The van der Waals surface area contributed by atoms with Gasteiger partial charge in [0, 0.05) is 17.3 Å². The lowest BCUT2D eigenvalue weighted by molar-refractivity contribution is -0.274. The van der Waals surface area contributed by atoms with Crippen LogP contribution in [0.3, 0.4) is 0 Å². The summed E-state index contributed by atoms with van der Waals surface area (Å²) in [5, 5.41) is 14.8. The number of imidazole rings is 1. The number of amides is 1. The molecule has 1 amide bonds. The molecular weight excluding hydrogens is 501 g/mol. The molecule has 1 unspecified atom stereocenters. The molecule has 1 heterocycles. The van der Waals surface area contributed by atoms with Gasteiger partial charge in [-0.15, -0.1) is 13.2 Å². The first kappa shape index (κ1) is 27.3. The van der Waals surface area contributed by atoms with E-state index >= 15 is 0 Å². The van der Waals surface area contributed by atoms with E-state index in [9.17, 15) is 22.8 Å². The Hall–Kier alpha value is -3.76. The van der Waals surface area contributed by atoms with E-state index in [1.54, 1.807) is 18.2 Å². The Bertz CT molecular complexity index is 1330. The lowest BCUT2D eigenvalue weighted by Gasteiger charge is -2.40. The number of carboxylic acids is 1. The Balaban J connectivity index is 1.71. The highest BCUT2D eigenvalue weighted by Gasteiger charge is 2.35. The fourth-order valence-electron chi connectivity index (χ4n) is 5.40. The number of hydrogen-bond acceptors (Lipinski definition) is 5. The predicted molar refractivity (Wildman–Crippen MR) is 137 cm³/mol. The third-order valence-electron chi connectivity index (χ3n) is 6.74. The van der Waals surface area contributed by atoms with Gasteiger partial charge in [-0.3, -0.25) is 9.59 Å². The zero-order chi connectivity index (χ0) is 27.8. The summed E-state index contributed by atoms with van der Waals surface area (Å²) in [5.74, 6) is -1.04. The molecule has 1 aromatic heterocycles. The van der Waals surface area contributed by atoms with Crippen LogP contribution in [0.4, 0.5) is 24.8 Å². The number of hydrogen-bond donors (Lipinski definition) is 3. The van der Waals surface area contributed by atoms with E-state index in [4.69, 9.17) is 10.1 Å². The van der Waals surface area contributed by atoms with E-state index in [0.717, 1.165) is 24.8 Å². The third kappa shape index (κ3) is 6.38. The van der Waals surface area contributed by atoms with E-state index in [1.165, 1.54) is 31.2 Å². The number of aromatic nitrogens is 2. The number of fused-ring (bicyclic) bond motifs is 1. The van der Waals surface area contributed by atoms with Gasteiger partial charge in [0.25, 0.3) is 5.91 Å². The Kier molecular flexibility index (Phi) is 7.31. The Labute approximate surface area is 218 Å². The van der Waals surface area contributed by atoms with Crippen LogP contribution < -0.4 is 15.4 Å². The first-order valence-corrected chi connectivity index (χ1v) is 12.4. The largest absolute Gasteiger partial charge is 0.573 e. The van der Waals surface area contributed by atoms with Gasteiger partial charge >= 0.3 is 12.3 Å². The quantitative estimate of drug-likeness (QED) is 0.331. The lowest BCUT2D eigenvalue weighted by atomic mass is 9.70. The van der Waals surface area contributed by atoms with Gasteiger partial charge in [-0.2, -0.15) is 0 Å². The molecule has 2 aromatic carbocycles. The van der Waals surface area contributed by atoms with Crippen LogP contribution >= 0.6 is 0 Å². The number of benzene rings is 2. The summed E-state index contributed by atoms with van der Waals surface area (Å²) in [6.45, 7) is 8.05. The van der Waals surface area contributed by atoms with Crippen molar-refractivity contribution in [2.45, 2.75) is 65.4 Å². The van der Waals surface area contributed by atoms with Crippen molar-refractivity contribution in [3.63, 3.8) is 0 Å². The van der Waals surface area contributed by atoms with Crippen molar-refractivity contribution >= 4 is 34.5 Å². The molecule has 1 aliphatic rings. The van der Waals surface area contributed by atoms with Crippen molar-refractivity contribution in [2.24, 2.45) is 11.3 Å². The number of halogens is 3. The molecule has 4 rings (SSSR count). The molecule has 0 bridgehead atoms. The van der Waals surface area contributed by atoms with E-state index in [-0.39, 0.29) is 22.8 Å². The van der Waals surface area contributed by atoms with E-state index < -0.39 is 24.3 Å². The molecule has 3 N–H and O–H groups in total. The van der Waals surface area contributed by atoms with Crippen LogP contribution in [0, 0.1) is 11.3 Å². The minimum atomic E-state index is -4.78. The van der Waals surface area contributed by atoms with Gasteiger partial charge in [0.15, 0.2) is 0 Å². The topological polar surface area (TPSA) is 105 Å². The number of ether oxygens (including phenoxy) is 1. The second-order valence-electron chi connectivity index (χ2n) is 10.8. The molecule has 11 heteroatoms. The van der Waals surface area contributed by atoms with Crippen LogP contribution in [0.1, 0.15) is 63.4 Å². The first-order chi connectivity index (χ1) is 17.7. The van der Waals surface area contributed by atoms with Crippen LogP contribution in [0.2, 0.25) is 0 Å². The van der Waals surface area contributed by atoms with E-state index in [0.29, 0.717) is 23.1 Å². The molecule has 1 fully saturated rings. The summed E-state index contributed by atoms with van der Waals surface area (Å²) in [5.41, 5.74) is 2.22. The third-order valence-corrected chi connectivity index (χ3v) is 6.74. The normalized spacial score (nSPS) is 20.1. The summed E-state index contributed by atoms with van der Waals surface area (Å²) in [6, 6.07) is 9.48. The Morgan fingerprint density at radius 3 is 2.45 bits per heavy atom. The zero-order valence-electron chi connectivity index (χ0n) is 21.6. The number of anilines is 2. The lowest BCUT2D eigenvalue weighted by Crippen LogP contribution is -2.38. The molecule has 38 heavy (non-hydrogen) atoms. The number of nitrogens with zero attached hydrogens (tertiary/aromatic N) is 2. The van der Waals surface area contributed by atoms with E-state index in [1.807, 2.05) is 0 Å². The summed E-state index contributed by atoms with van der Waals surface area (Å²) < 4.78 is 43.7. The molecule has 1 saturated carbocycles. The maximum absolute atomic E-state index is 12.6. The molecule has 3 aromatic rings. The molecule has 0 radical (unpaired) electrons. The number of alkyl halides is 3. The second kappa shape index (κ2) is 10.2. The van der Waals surface area contributed by atoms with Crippen LogP contribution in [0.5, 0.6) is 5.75 Å². The molecule has 0 spiro atoms. The van der Waals surface area contributed by atoms with Crippen LogP contribution in [0.15, 0.2) is 42.5 Å². The number of carbonyl (C=O) groups is 2. The summed E-state index contributed by atoms with van der Waals surface area (Å²) in [6.07, 6.45) is -1.88. The van der Waals surface area contributed by atoms with Crippen LogP contribution in [0.25, 0.3) is 11.0 Å².